The van der Waals surface area contributed by atoms with E-state index in [2.05, 4.69) is 46.7 Å². The predicted octanol–water partition coefficient (Wildman–Crippen LogP) is 2.58. The van der Waals surface area contributed by atoms with Gasteiger partial charge in [-0.15, -0.1) is 0 Å². The van der Waals surface area contributed by atoms with Crippen LogP contribution < -0.4 is 5.32 Å². The Bertz CT molecular complexity index is 574. The van der Waals surface area contributed by atoms with Gasteiger partial charge in [0.15, 0.2) is 0 Å². The number of benzene rings is 1. The van der Waals surface area contributed by atoms with Crippen LogP contribution in [0.5, 0.6) is 0 Å². The van der Waals surface area contributed by atoms with Crippen molar-refractivity contribution >= 4 is 0 Å². The van der Waals surface area contributed by atoms with Crippen LogP contribution in [0.1, 0.15) is 35.6 Å². The fraction of sp³-hybridized carbons (Fsp3) is 0.375. The molecule has 1 aliphatic carbocycles. The smallest absolute Gasteiger partial charge is 0.139 e. The number of rotatable bonds is 4. The Balaban J connectivity index is 2.02. The third kappa shape index (κ3) is 2.26. The van der Waals surface area contributed by atoms with E-state index in [1.165, 1.54) is 5.56 Å². The summed E-state index contributed by atoms with van der Waals surface area (Å²) in [5.74, 6) is 0.990. The van der Waals surface area contributed by atoms with Gasteiger partial charge in [-0.3, -0.25) is 0 Å². The molecule has 0 aliphatic heterocycles. The highest BCUT2D eigenvalue weighted by molar-refractivity contribution is 5.39. The van der Waals surface area contributed by atoms with Crippen molar-refractivity contribution in [2.24, 2.45) is 0 Å². The quantitative estimate of drug-likeness (QED) is 0.910. The molecule has 0 amide bonds. The van der Waals surface area contributed by atoms with E-state index in [0.717, 1.165) is 36.6 Å². The Kier molecular flexibility index (Phi) is 3.07. The fourth-order valence-electron chi connectivity index (χ4n) is 2.64. The van der Waals surface area contributed by atoms with Crippen molar-refractivity contribution in [1.29, 1.82) is 0 Å². The van der Waals surface area contributed by atoms with Gasteiger partial charge in [-0.05, 0) is 38.4 Å². The first-order valence-corrected chi connectivity index (χ1v) is 6.80. The minimum atomic E-state index is 0.0652. The highest BCUT2D eigenvalue weighted by Crippen LogP contribution is 2.52. The summed E-state index contributed by atoms with van der Waals surface area (Å²) in [6, 6.07) is 12.7. The third-order valence-corrected chi connectivity index (χ3v) is 3.77. The maximum atomic E-state index is 4.76. The maximum Gasteiger partial charge on any atom is 0.139 e. The minimum absolute atomic E-state index is 0.0652. The van der Waals surface area contributed by atoms with Crippen LogP contribution in [0, 0.1) is 6.92 Å². The molecular weight excluding hydrogens is 234 g/mol. The third-order valence-electron chi connectivity index (χ3n) is 3.77. The molecule has 0 saturated heterocycles. The summed E-state index contributed by atoms with van der Waals surface area (Å²) in [5, 5.41) is 3.16. The van der Waals surface area contributed by atoms with Gasteiger partial charge in [-0.2, -0.15) is 0 Å². The predicted molar refractivity (Wildman–Crippen MR) is 76.0 cm³/mol. The Morgan fingerprint density at radius 2 is 1.89 bits per heavy atom. The Hall–Kier alpha value is -1.74. The lowest BCUT2D eigenvalue weighted by Crippen LogP contribution is -2.17. The summed E-state index contributed by atoms with van der Waals surface area (Å²) >= 11 is 0. The lowest BCUT2D eigenvalue weighted by atomic mass is 9.95. The molecule has 0 unspecified atom stereocenters. The Morgan fingerprint density at radius 1 is 1.16 bits per heavy atom. The molecule has 0 radical (unpaired) electrons. The monoisotopic (exact) mass is 253 g/mol. The summed E-state index contributed by atoms with van der Waals surface area (Å²) in [6.07, 6.45) is 2.30. The van der Waals surface area contributed by atoms with Gasteiger partial charge >= 0.3 is 0 Å². The standard InChI is InChI=1S/C16H19N3/c1-12-10-14(11-17-2)19-15(18-12)16(8-9-16)13-6-4-3-5-7-13/h3-7,10,17H,8-9,11H2,1-2H3. The number of aromatic nitrogens is 2. The fourth-order valence-corrected chi connectivity index (χ4v) is 2.64. The zero-order valence-electron chi connectivity index (χ0n) is 11.5. The minimum Gasteiger partial charge on any atom is -0.314 e. The summed E-state index contributed by atoms with van der Waals surface area (Å²) < 4.78 is 0. The van der Waals surface area contributed by atoms with Crippen LogP contribution in [-0.4, -0.2) is 17.0 Å². The van der Waals surface area contributed by atoms with Crippen molar-refractivity contribution < 1.29 is 0 Å². The van der Waals surface area contributed by atoms with Gasteiger partial charge in [0.05, 0.1) is 11.1 Å². The van der Waals surface area contributed by atoms with Crippen molar-refractivity contribution in [3.8, 4) is 0 Å². The van der Waals surface area contributed by atoms with Crippen molar-refractivity contribution in [3.05, 3.63) is 59.2 Å². The summed E-state index contributed by atoms with van der Waals surface area (Å²) in [5.41, 5.74) is 3.54. The highest BCUT2D eigenvalue weighted by atomic mass is 15.0. The molecule has 98 valence electrons. The maximum absolute atomic E-state index is 4.76. The van der Waals surface area contributed by atoms with E-state index in [4.69, 9.17) is 4.98 Å². The molecule has 0 atom stereocenters. The van der Waals surface area contributed by atoms with Gasteiger partial charge in [-0.1, -0.05) is 30.3 Å². The zero-order valence-corrected chi connectivity index (χ0v) is 11.5. The highest BCUT2D eigenvalue weighted by Gasteiger charge is 2.48. The number of hydrogen-bond acceptors (Lipinski definition) is 3. The molecule has 19 heavy (non-hydrogen) atoms. The van der Waals surface area contributed by atoms with Gasteiger partial charge in [0, 0.05) is 12.2 Å². The first-order valence-electron chi connectivity index (χ1n) is 6.80. The lowest BCUT2D eigenvalue weighted by Gasteiger charge is -2.16. The molecule has 0 spiro atoms. The molecule has 2 aromatic rings. The molecule has 3 heteroatoms. The second-order valence-electron chi connectivity index (χ2n) is 5.30. The first-order chi connectivity index (χ1) is 9.24. The van der Waals surface area contributed by atoms with Crippen molar-refractivity contribution in [2.75, 3.05) is 7.05 Å². The van der Waals surface area contributed by atoms with E-state index in [0.29, 0.717) is 0 Å². The zero-order chi connectivity index (χ0) is 13.3. The van der Waals surface area contributed by atoms with Crippen LogP contribution in [-0.2, 0) is 12.0 Å². The SMILES string of the molecule is CNCc1cc(C)nc(C2(c3ccccc3)CC2)n1. The molecule has 1 N–H and O–H groups in total. The van der Waals surface area contributed by atoms with E-state index in [1.807, 2.05) is 14.0 Å². The van der Waals surface area contributed by atoms with Crippen LogP contribution in [0.4, 0.5) is 0 Å². The number of aryl methyl sites for hydroxylation is 1. The molecule has 3 rings (SSSR count). The normalized spacial score (nSPS) is 16.3. The largest absolute Gasteiger partial charge is 0.314 e. The van der Waals surface area contributed by atoms with Crippen molar-refractivity contribution in [2.45, 2.75) is 31.7 Å². The number of nitrogens with zero attached hydrogens (tertiary/aromatic N) is 2. The molecule has 0 bridgehead atoms. The molecule has 1 aromatic carbocycles. The molecular formula is C16H19N3. The number of nitrogens with one attached hydrogen (secondary N) is 1. The Morgan fingerprint density at radius 3 is 2.53 bits per heavy atom. The van der Waals surface area contributed by atoms with E-state index in [9.17, 15) is 0 Å². The van der Waals surface area contributed by atoms with Gasteiger partial charge in [0.2, 0.25) is 0 Å². The van der Waals surface area contributed by atoms with Crippen molar-refractivity contribution in [1.82, 2.24) is 15.3 Å². The van der Waals surface area contributed by atoms with Crippen LogP contribution in [0.25, 0.3) is 0 Å². The first kappa shape index (κ1) is 12.3. The van der Waals surface area contributed by atoms with E-state index < -0.39 is 0 Å². The molecule has 3 nitrogen and oxygen atoms in total. The van der Waals surface area contributed by atoms with Crippen LogP contribution in [0.2, 0.25) is 0 Å². The summed E-state index contributed by atoms with van der Waals surface area (Å²) in [6.45, 7) is 2.84. The molecule has 1 aliphatic rings. The average molecular weight is 253 g/mol. The summed E-state index contributed by atoms with van der Waals surface area (Å²) in [7, 11) is 1.95. The van der Waals surface area contributed by atoms with Gasteiger partial charge in [0.25, 0.3) is 0 Å². The van der Waals surface area contributed by atoms with Gasteiger partial charge in [-0.25, -0.2) is 9.97 Å². The second kappa shape index (κ2) is 4.74. The van der Waals surface area contributed by atoms with Crippen LogP contribution in [0.3, 0.4) is 0 Å². The van der Waals surface area contributed by atoms with E-state index in [-0.39, 0.29) is 5.41 Å². The lowest BCUT2D eigenvalue weighted by molar-refractivity contribution is 0.708. The number of hydrogen-bond donors (Lipinski definition) is 1. The van der Waals surface area contributed by atoms with Gasteiger partial charge in [0.1, 0.15) is 5.82 Å². The molecule has 1 aromatic heterocycles. The van der Waals surface area contributed by atoms with E-state index in [1.54, 1.807) is 0 Å². The van der Waals surface area contributed by atoms with Crippen LogP contribution >= 0.6 is 0 Å². The second-order valence-corrected chi connectivity index (χ2v) is 5.30. The van der Waals surface area contributed by atoms with Crippen molar-refractivity contribution in [3.63, 3.8) is 0 Å². The molecule has 1 saturated carbocycles. The molecule has 1 heterocycles. The topological polar surface area (TPSA) is 37.8 Å². The molecule has 1 fully saturated rings. The van der Waals surface area contributed by atoms with Crippen LogP contribution in [0.15, 0.2) is 36.4 Å². The summed E-state index contributed by atoms with van der Waals surface area (Å²) in [4.78, 5) is 9.45. The average Bonchev–Trinajstić information content (AvgIpc) is 3.21. The van der Waals surface area contributed by atoms with Gasteiger partial charge < -0.3 is 5.32 Å². The Labute approximate surface area is 114 Å². The van der Waals surface area contributed by atoms with E-state index >= 15 is 0 Å².